The number of phenols is 2. The van der Waals surface area contributed by atoms with Crippen molar-refractivity contribution in [1.29, 1.82) is 0 Å². The minimum atomic E-state index is -0.547. The number of hydrogen-bond acceptors (Lipinski definition) is 6. The second-order valence-corrected chi connectivity index (χ2v) is 5.99. The molecular formula is C19H20N2O5. The van der Waals surface area contributed by atoms with Crippen LogP contribution in [0, 0.1) is 0 Å². The van der Waals surface area contributed by atoms with Crippen molar-refractivity contribution in [3.8, 4) is 11.5 Å². The summed E-state index contributed by atoms with van der Waals surface area (Å²) in [5.74, 6) is -1.22. The minimum absolute atomic E-state index is 0.0814. The Morgan fingerprint density at radius 3 is 2.19 bits per heavy atom. The number of Topliss-reactive ketones (excluding diaryl/α,β-unsaturated/α-hetero) is 1. The summed E-state index contributed by atoms with van der Waals surface area (Å²) in [5.41, 5.74) is 1.61. The lowest BCUT2D eigenvalue weighted by Crippen LogP contribution is -2.36. The number of nitrogens with one attached hydrogen (secondary N) is 1. The zero-order valence-corrected chi connectivity index (χ0v) is 14.1. The Balaban J connectivity index is 1.58. The average Bonchev–Trinajstić information content (AvgIpc) is 2.66. The Bertz CT molecular complexity index is 778. The van der Waals surface area contributed by atoms with E-state index in [1.165, 1.54) is 12.1 Å². The zero-order valence-electron chi connectivity index (χ0n) is 14.1. The van der Waals surface area contributed by atoms with Crippen LogP contribution in [0.15, 0.2) is 42.5 Å². The molecule has 1 aliphatic rings. The molecule has 136 valence electrons. The molecule has 7 nitrogen and oxygen atoms in total. The Labute approximate surface area is 150 Å². The van der Waals surface area contributed by atoms with E-state index in [0.29, 0.717) is 18.8 Å². The highest BCUT2D eigenvalue weighted by Crippen LogP contribution is 2.20. The molecule has 0 saturated carbocycles. The van der Waals surface area contributed by atoms with E-state index in [1.54, 1.807) is 12.1 Å². The third kappa shape index (κ3) is 4.31. The van der Waals surface area contributed by atoms with Gasteiger partial charge < -0.3 is 25.2 Å². The summed E-state index contributed by atoms with van der Waals surface area (Å²) in [7, 11) is 0. The van der Waals surface area contributed by atoms with Crippen LogP contribution in [0.2, 0.25) is 0 Å². The molecule has 1 heterocycles. The first-order chi connectivity index (χ1) is 12.5. The molecule has 0 aromatic heterocycles. The third-order valence-corrected chi connectivity index (χ3v) is 4.14. The summed E-state index contributed by atoms with van der Waals surface area (Å²) in [6.07, 6.45) is 0. The van der Waals surface area contributed by atoms with Crippen molar-refractivity contribution in [2.24, 2.45) is 0 Å². The van der Waals surface area contributed by atoms with Crippen molar-refractivity contribution >= 4 is 17.4 Å². The quantitative estimate of drug-likeness (QED) is 0.703. The highest BCUT2D eigenvalue weighted by Gasteiger charge is 2.14. The van der Waals surface area contributed by atoms with Crippen LogP contribution in [-0.2, 0) is 4.74 Å². The van der Waals surface area contributed by atoms with Gasteiger partial charge in [-0.25, -0.2) is 0 Å². The molecule has 1 amide bonds. The van der Waals surface area contributed by atoms with Crippen LogP contribution in [-0.4, -0.2) is 54.8 Å². The monoisotopic (exact) mass is 356 g/mol. The molecule has 3 N–H and O–H groups in total. The SMILES string of the molecule is O=C(CNC(=O)c1cc(O)cc(O)c1)c1ccc(N2CCOCC2)cc1. The fourth-order valence-corrected chi connectivity index (χ4v) is 2.77. The lowest BCUT2D eigenvalue weighted by atomic mass is 10.1. The molecule has 26 heavy (non-hydrogen) atoms. The fraction of sp³-hybridized carbons (Fsp3) is 0.263. The summed E-state index contributed by atoms with van der Waals surface area (Å²) in [5, 5.41) is 21.3. The van der Waals surface area contributed by atoms with Crippen LogP contribution in [0.5, 0.6) is 11.5 Å². The van der Waals surface area contributed by atoms with Gasteiger partial charge in [0, 0.05) is 36.0 Å². The van der Waals surface area contributed by atoms with Crippen molar-refractivity contribution in [2.75, 3.05) is 37.7 Å². The van der Waals surface area contributed by atoms with E-state index in [4.69, 9.17) is 4.74 Å². The standard InChI is InChI=1S/C19H20N2O5/c22-16-9-14(10-17(23)11-16)19(25)20-12-18(24)13-1-3-15(4-2-13)21-5-7-26-8-6-21/h1-4,9-11,22-23H,5-8,12H2,(H,20,25). The second-order valence-electron chi connectivity index (χ2n) is 5.99. The topological polar surface area (TPSA) is 99.1 Å². The van der Waals surface area contributed by atoms with Crippen molar-refractivity contribution in [1.82, 2.24) is 5.32 Å². The Morgan fingerprint density at radius 1 is 0.962 bits per heavy atom. The molecule has 0 aliphatic carbocycles. The zero-order chi connectivity index (χ0) is 18.5. The van der Waals surface area contributed by atoms with Gasteiger partial charge in [-0.05, 0) is 36.4 Å². The number of nitrogens with zero attached hydrogens (tertiary/aromatic N) is 1. The van der Waals surface area contributed by atoms with Gasteiger partial charge in [0.2, 0.25) is 0 Å². The fourth-order valence-electron chi connectivity index (χ4n) is 2.77. The number of hydrogen-bond donors (Lipinski definition) is 3. The van der Waals surface area contributed by atoms with Crippen LogP contribution in [0.3, 0.4) is 0 Å². The van der Waals surface area contributed by atoms with Crippen LogP contribution in [0.4, 0.5) is 5.69 Å². The van der Waals surface area contributed by atoms with E-state index < -0.39 is 5.91 Å². The number of aromatic hydroxyl groups is 2. The molecule has 2 aromatic carbocycles. The molecule has 1 saturated heterocycles. The molecule has 2 aromatic rings. The number of ketones is 1. The third-order valence-electron chi connectivity index (χ3n) is 4.14. The van der Waals surface area contributed by atoms with Crippen LogP contribution >= 0.6 is 0 Å². The van der Waals surface area contributed by atoms with Crippen molar-refractivity contribution in [3.63, 3.8) is 0 Å². The predicted molar refractivity (Wildman–Crippen MR) is 95.9 cm³/mol. The van der Waals surface area contributed by atoms with E-state index in [1.807, 2.05) is 12.1 Å². The number of phenolic OH excluding ortho intramolecular Hbond substituents is 2. The summed E-state index contributed by atoms with van der Waals surface area (Å²) < 4.78 is 5.32. The summed E-state index contributed by atoms with van der Waals surface area (Å²) >= 11 is 0. The number of benzene rings is 2. The van der Waals surface area contributed by atoms with Crippen LogP contribution in [0.25, 0.3) is 0 Å². The molecule has 0 atom stereocenters. The summed E-state index contributed by atoms with van der Waals surface area (Å²) in [4.78, 5) is 26.5. The van der Waals surface area contributed by atoms with E-state index in [-0.39, 0.29) is 29.4 Å². The van der Waals surface area contributed by atoms with E-state index in [2.05, 4.69) is 10.2 Å². The predicted octanol–water partition coefficient (Wildman–Crippen LogP) is 1.55. The average molecular weight is 356 g/mol. The lowest BCUT2D eigenvalue weighted by molar-refractivity contribution is 0.0903. The number of carbonyl (C=O) groups is 2. The molecule has 3 rings (SSSR count). The van der Waals surface area contributed by atoms with Gasteiger partial charge in [0.25, 0.3) is 5.91 Å². The maximum absolute atomic E-state index is 12.3. The molecular weight excluding hydrogens is 336 g/mol. The number of carbonyl (C=O) groups excluding carboxylic acids is 2. The number of anilines is 1. The van der Waals surface area contributed by atoms with Crippen molar-refractivity contribution < 1.29 is 24.5 Å². The number of amides is 1. The Morgan fingerprint density at radius 2 is 1.58 bits per heavy atom. The van der Waals surface area contributed by atoms with Crippen LogP contribution < -0.4 is 10.2 Å². The second kappa shape index (κ2) is 7.88. The van der Waals surface area contributed by atoms with Crippen molar-refractivity contribution in [2.45, 2.75) is 0 Å². The molecule has 0 bridgehead atoms. The Hall–Kier alpha value is -3.06. The van der Waals surface area contributed by atoms with Crippen LogP contribution in [0.1, 0.15) is 20.7 Å². The lowest BCUT2D eigenvalue weighted by Gasteiger charge is -2.28. The van der Waals surface area contributed by atoms with E-state index in [0.717, 1.165) is 24.8 Å². The van der Waals surface area contributed by atoms with Gasteiger partial charge in [0.15, 0.2) is 5.78 Å². The van der Waals surface area contributed by atoms with Gasteiger partial charge in [0.05, 0.1) is 19.8 Å². The molecule has 1 fully saturated rings. The van der Waals surface area contributed by atoms with Gasteiger partial charge in [-0.15, -0.1) is 0 Å². The Kier molecular flexibility index (Phi) is 5.38. The van der Waals surface area contributed by atoms with Gasteiger partial charge in [-0.3, -0.25) is 9.59 Å². The van der Waals surface area contributed by atoms with Gasteiger partial charge in [-0.1, -0.05) is 0 Å². The maximum Gasteiger partial charge on any atom is 0.251 e. The smallest absolute Gasteiger partial charge is 0.251 e. The highest BCUT2D eigenvalue weighted by atomic mass is 16.5. The molecule has 1 aliphatic heterocycles. The largest absolute Gasteiger partial charge is 0.508 e. The minimum Gasteiger partial charge on any atom is -0.508 e. The molecule has 7 heteroatoms. The number of morpholine rings is 1. The molecule has 0 unspecified atom stereocenters. The molecule has 0 radical (unpaired) electrons. The number of rotatable bonds is 5. The van der Waals surface area contributed by atoms with Gasteiger partial charge in [-0.2, -0.15) is 0 Å². The van der Waals surface area contributed by atoms with Gasteiger partial charge >= 0.3 is 0 Å². The first kappa shape index (κ1) is 17.8. The normalized spacial score (nSPS) is 14.1. The summed E-state index contributed by atoms with van der Waals surface area (Å²) in [6, 6.07) is 10.8. The highest BCUT2D eigenvalue weighted by molar-refractivity contribution is 6.02. The maximum atomic E-state index is 12.3. The van der Waals surface area contributed by atoms with Gasteiger partial charge in [0.1, 0.15) is 11.5 Å². The molecule has 0 spiro atoms. The summed E-state index contributed by atoms with van der Waals surface area (Å²) in [6.45, 7) is 2.85. The number of ether oxygens (including phenoxy) is 1. The first-order valence-corrected chi connectivity index (χ1v) is 8.30. The van der Waals surface area contributed by atoms with E-state index in [9.17, 15) is 19.8 Å². The van der Waals surface area contributed by atoms with E-state index >= 15 is 0 Å². The van der Waals surface area contributed by atoms with Crippen molar-refractivity contribution in [3.05, 3.63) is 53.6 Å². The first-order valence-electron chi connectivity index (χ1n) is 8.30.